The molecule has 4 rings (SSSR count). The number of nitrogens with zero attached hydrogens (tertiary/aromatic N) is 6. The van der Waals surface area contributed by atoms with Crippen LogP contribution in [0.2, 0.25) is 0 Å². The normalized spacial score (nSPS) is 18.8. The van der Waals surface area contributed by atoms with Gasteiger partial charge in [-0.25, -0.2) is 0 Å². The van der Waals surface area contributed by atoms with Crippen LogP contribution in [0.25, 0.3) is 11.4 Å². The molecular weight excluding hydrogens is 320 g/mol. The first-order chi connectivity index (χ1) is 11.9. The highest BCUT2D eigenvalue weighted by Crippen LogP contribution is 2.21. The Balaban J connectivity index is 1.37. The number of likely N-dealkylation sites (tertiary alicyclic amines) is 1. The zero-order valence-corrected chi connectivity index (χ0v) is 14.3. The quantitative estimate of drug-likeness (QED) is 0.715. The molecule has 0 spiro atoms. The third-order valence-corrected chi connectivity index (χ3v) is 5.24. The van der Waals surface area contributed by atoms with E-state index < -0.39 is 0 Å². The molecule has 0 radical (unpaired) electrons. The molecule has 1 atom stereocenters. The molecule has 4 heterocycles. The molecule has 1 aliphatic heterocycles. The lowest BCUT2D eigenvalue weighted by Crippen LogP contribution is -2.36. The van der Waals surface area contributed by atoms with Crippen molar-refractivity contribution in [1.82, 2.24) is 30.1 Å². The van der Waals surface area contributed by atoms with Crippen LogP contribution in [-0.2, 0) is 13.1 Å². The Bertz CT molecular complexity index is 755. The van der Waals surface area contributed by atoms with Crippen LogP contribution in [-0.4, -0.2) is 43.2 Å². The lowest BCUT2D eigenvalue weighted by atomic mass is 9.98. The average molecular weight is 340 g/mol. The lowest BCUT2D eigenvalue weighted by Gasteiger charge is -2.31. The number of rotatable bonds is 5. The van der Waals surface area contributed by atoms with Crippen LogP contribution in [0, 0.1) is 5.92 Å². The fraction of sp³-hybridized carbons (Fsp3) is 0.412. The van der Waals surface area contributed by atoms with Crippen molar-refractivity contribution in [3.63, 3.8) is 0 Å². The van der Waals surface area contributed by atoms with Gasteiger partial charge in [-0.2, -0.15) is 4.80 Å². The van der Waals surface area contributed by atoms with E-state index in [0.29, 0.717) is 11.7 Å². The zero-order chi connectivity index (χ0) is 16.2. The average Bonchev–Trinajstić information content (AvgIpc) is 3.28. The van der Waals surface area contributed by atoms with E-state index in [0.717, 1.165) is 25.2 Å². The van der Waals surface area contributed by atoms with Crippen molar-refractivity contribution in [1.29, 1.82) is 0 Å². The van der Waals surface area contributed by atoms with Crippen LogP contribution in [0.1, 0.15) is 17.7 Å². The third-order valence-electron chi connectivity index (χ3n) is 4.38. The smallest absolute Gasteiger partial charge is 0.205 e. The second kappa shape index (κ2) is 7.19. The van der Waals surface area contributed by atoms with Crippen LogP contribution in [0.3, 0.4) is 0 Å². The Morgan fingerprint density at radius 3 is 2.96 bits per heavy atom. The summed E-state index contributed by atoms with van der Waals surface area (Å²) < 4.78 is 0. The van der Waals surface area contributed by atoms with Crippen molar-refractivity contribution in [2.24, 2.45) is 5.92 Å². The van der Waals surface area contributed by atoms with Crippen LogP contribution >= 0.6 is 11.3 Å². The highest BCUT2D eigenvalue weighted by Gasteiger charge is 2.21. The Labute approximate surface area is 145 Å². The van der Waals surface area contributed by atoms with Gasteiger partial charge < -0.3 is 0 Å². The van der Waals surface area contributed by atoms with Gasteiger partial charge in [-0.05, 0) is 54.1 Å². The summed E-state index contributed by atoms with van der Waals surface area (Å²) in [4.78, 5) is 9.75. The second-order valence-electron chi connectivity index (χ2n) is 6.23. The van der Waals surface area contributed by atoms with Crippen molar-refractivity contribution >= 4 is 11.3 Å². The monoisotopic (exact) mass is 340 g/mol. The Morgan fingerprint density at radius 1 is 1.21 bits per heavy atom. The van der Waals surface area contributed by atoms with Crippen molar-refractivity contribution in [3.8, 4) is 11.4 Å². The minimum atomic E-state index is 0.582. The molecule has 1 saturated heterocycles. The fourth-order valence-corrected chi connectivity index (χ4v) is 3.98. The summed E-state index contributed by atoms with van der Waals surface area (Å²) in [6.45, 7) is 4.17. The van der Waals surface area contributed by atoms with Gasteiger partial charge in [0.2, 0.25) is 5.82 Å². The van der Waals surface area contributed by atoms with E-state index in [4.69, 9.17) is 0 Å². The molecule has 0 amide bonds. The van der Waals surface area contributed by atoms with Gasteiger partial charge in [-0.15, -0.1) is 21.5 Å². The fourth-order valence-electron chi connectivity index (χ4n) is 3.23. The standard InChI is InChI=1S/C17H20N6S/c1-3-14(11-22(9-1)13-16-4-2-10-24-16)12-23-20-17(19-21-23)15-5-7-18-8-6-15/h2,4-8,10,14H,1,3,9,11-13H2/t14-/m0/s1. The number of pyridine rings is 1. The predicted octanol–water partition coefficient (Wildman–Crippen LogP) is 2.71. The molecule has 1 fully saturated rings. The van der Waals surface area contributed by atoms with Crippen molar-refractivity contribution in [2.45, 2.75) is 25.9 Å². The van der Waals surface area contributed by atoms with Gasteiger partial charge in [0.25, 0.3) is 0 Å². The molecule has 0 bridgehead atoms. The molecule has 0 N–H and O–H groups in total. The van der Waals surface area contributed by atoms with Gasteiger partial charge in [0.1, 0.15) is 0 Å². The van der Waals surface area contributed by atoms with Crippen LogP contribution < -0.4 is 0 Å². The molecular formula is C17H20N6S. The first-order valence-corrected chi connectivity index (χ1v) is 9.18. The Kier molecular flexibility index (Phi) is 4.62. The number of thiophene rings is 1. The summed E-state index contributed by atoms with van der Waals surface area (Å²) in [5.74, 6) is 1.25. The maximum absolute atomic E-state index is 4.53. The van der Waals surface area contributed by atoms with Gasteiger partial charge in [0.05, 0.1) is 6.54 Å². The van der Waals surface area contributed by atoms with Gasteiger partial charge in [-0.1, -0.05) is 6.07 Å². The highest BCUT2D eigenvalue weighted by molar-refractivity contribution is 7.09. The van der Waals surface area contributed by atoms with Gasteiger partial charge >= 0.3 is 0 Å². The van der Waals surface area contributed by atoms with E-state index in [2.05, 4.69) is 42.8 Å². The van der Waals surface area contributed by atoms with Crippen LogP contribution in [0.4, 0.5) is 0 Å². The summed E-state index contributed by atoms with van der Waals surface area (Å²) >= 11 is 1.84. The third kappa shape index (κ3) is 3.68. The van der Waals surface area contributed by atoms with E-state index in [1.807, 2.05) is 23.5 Å². The largest absolute Gasteiger partial charge is 0.298 e. The zero-order valence-electron chi connectivity index (χ0n) is 13.5. The van der Waals surface area contributed by atoms with Crippen molar-refractivity contribution < 1.29 is 0 Å². The number of hydrogen-bond donors (Lipinski definition) is 0. The number of tetrazole rings is 1. The summed E-state index contributed by atoms with van der Waals surface area (Å²) in [5, 5.41) is 15.1. The molecule has 0 unspecified atom stereocenters. The second-order valence-corrected chi connectivity index (χ2v) is 7.26. The van der Waals surface area contributed by atoms with Crippen LogP contribution in [0.5, 0.6) is 0 Å². The van der Waals surface area contributed by atoms with Gasteiger partial charge in [0.15, 0.2) is 0 Å². The molecule has 6 nitrogen and oxygen atoms in total. The van der Waals surface area contributed by atoms with Crippen molar-refractivity contribution in [3.05, 3.63) is 46.9 Å². The minimum Gasteiger partial charge on any atom is -0.298 e. The molecule has 0 saturated carbocycles. The molecule has 0 aliphatic carbocycles. The molecule has 0 aromatic carbocycles. The Morgan fingerprint density at radius 2 is 2.12 bits per heavy atom. The summed E-state index contributed by atoms with van der Waals surface area (Å²) in [6, 6.07) is 8.16. The SMILES string of the molecule is c1csc(CN2CCC[C@H](Cn3nnc(-c4ccncc4)n3)C2)c1. The summed E-state index contributed by atoms with van der Waals surface area (Å²) in [7, 11) is 0. The van der Waals surface area contributed by atoms with E-state index >= 15 is 0 Å². The minimum absolute atomic E-state index is 0.582. The number of piperidine rings is 1. The van der Waals surface area contributed by atoms with Gasteiger partial charge in [0, 0.05) is 35.9 Å². The van der Waals surface area contributed by atoms with E-state index in [1.165, 1.54) is 24.3 Å². The van der Waals surface area contributed by atoms with Crippen LogP contribution in [0.15, 0.2) is 42.0 Å². The predicted molar refractivity (Wildman–Crippen MR) is 93.4 cm³/mol. The maximum Gasteiger partial charge on any atom is 0.205 e. The van der Waals surface area contributed by atoms with Crippen molar-refractivity contribution in [2.75, 3.05) is 13.1 Å². The summed E-state index contributed by atoms with van der Waals surface area (Å²) in [5.41, 5.74) is 0.958. The summed E-state index contributed by atoms with van der Waals surface area (Å²) in [6.07, 6.45) is 5.97. The molecule has 24 heavy (non-hydrogen) atoms. The first-order valence-electron chi connectivity index (χ1n) is 8.30. The van der Waals surface area contributed by atoms with Gasteiger partial charge in [-0.3, -0.25) is 9.88 Å². The first kappa shape index (κ1) is 15.4. The van der Waals surface area contributed by atoms with E-state index in [-0.39, 0.29) is 0 Å². The molecule has 1 aliphatic rings. The molecule has 124 valence electrons. The molecule has 3 aromatic rings. The number of aromatic nitrogens is 5. The maximum atomic E-state index is 4.53. The van der Waals surface area contributed by atoms with E-state index in [1.54, 1.807) is 17.2 Å². The Hall–Kier alpha value is -2.12. The lowest BCUT2D eigenvalue weighted by molar-refractivity contribution is 0.150. The molecule has 3 aromatic heterocycles. The van der Waals surface area contributed by atoms with E-state index in [9.17, 15) is 0 Å². The topological polar surface area (TPSA) is 59.7 Å². The number of hydrogen-bond acceptors (Lipinski definition) is 6. The molecule has 7 heteroatoms. The highest BCUT2D eigenvalue weighted by atomic mass is 32.1.